The predicted octanol–water partition coefficient (Wildman–Crippen LogP) is 17.6. The van der Waals surface area contributed by atoms with E-state index in [9.17, 15) is 0 Å². The third-order valence-electron chi connectivity index (χ3n) is 12.8. The quantitative estimate of drug-likeness (QED) is 0.153. The van der Waals surface area contributed by atoms with E-state index >= 15 is 0 Å². The molecule has 0 saturated heterocycles. The van der Waals surface area contributed by atoms with Crippen LogP contribution in [-0.2, 0) is 0 Å². The van der Waals surface area contributed by atoms with Gasteiger partial charge in [0.05, 0.1) is 0 Å². The van der Waals surface area contributed by atoms with Crippen molar-refractivity contribution in [2.24, 2.45) is 0 Å². The minimum atomic E-state index is 0.472. The maximum absolute atomic E-state index is 6.69. The van der Waals surface area contributed by atoms with Crippen molar-refractivity contribution in [1.29, 1.82) is 0 Å². The highest BCUT2D eigenvalue weighted by Gasteiger charge is 2.20. The maximum atomic E-state index is 6.69. The van der Waals surface area contributed by atoms with Gasteiger partial charge in [-0.1, -0.05) is 100 Å². The highest BCUT2D eigenvalue weighted by atomic mass is 16.3. The highest BCUT2D eigenvalue weighted by Crippen LogP contribution is 2.43. The summed E-state index contributed by atoms with van der Waals surface area (Å²) in [6, 6.07) is 61.8. The second-order valence-electron chi connectivity index (χ2n) is 17.5. The van der Waals surface area contributed by atoms with E-state index in [1.54, 1.807) is 0 Å². The molecule has 4 heteroatoms. The zero-order valence-electron chi connectivity index (χ0n) is 36.0. The molecule has 11 rings (SSSR count). The van der Waals surface area contributed by atoms with Gasteiger partial charge in [-0.3, -0.25) is 0 Å². The average Bonchev–Trinajstić information content (AvgIpc) is 3.81. The van der Waals surface area contributed by atoms with Crippen LogP contribution in [0.5, 0.6) is 0 Å². The Hall–Kier alpha value is -7.30. The molecule has 2 aromatic heterocycles. The summed E-state index contributed by atoms with van der Waals surface area (Å²) in [5.74, 6) is 0.944. The van der Waals surface area contributed by atoms with E-state index in [1.807, 2.05) is 0 Å². The summed E-state index contributed by atoms with van der Waals surface area (Å²) in [5.41, 5.74) is 15.3. The molecule has 62 heavy (non-hydrogen) atoms. The molecular formula is C58H48N2O2. The van der Waals surface area contributed by atoms with E-state index in [-0.39, 0.29) is 0 Å². The smallest absolute Gasteiger partial charge is 0.136 e. The average molecular weight is 805 g/mol. The molecule has 0 spiro atoms. The molecule has 0 amide bonds. The van der Waals surface area contributed by atoms with Crippen LogP contribution in [0.25, 0.3) is 65.4 Å². The molecule has 0 aliphatic rings. The first-order valence-electron chi connectivity index (χ1n) is 21.8. The first-order chi connectivity index (χ1) is 30.2. The first kappa shape index (κ1) is 37.7. The molecule has 2 heterocycles. The Morgan fingerprint density at radius 2 is 0.694 bits per heavy atom. The van der Waals surface area contributed by atoms with Crippen molar-refractivity contribution in [3.63, 3.8) is 0 Å². The predicted molar refractivity (Wildman–Crippen MR) is 263 cm³/mol. The molecule has 0 radical (unpaired) electrons. The summed E-state index contributed by atoms with van der Waals surface area (Å²) in [6.45, 7) is 13.3. The third-order valence-corrected chi connectivity index (χ3v) is 12.8. The molecule has 0 atom stereocenters. The molecule has 11 aromatic rings. The molecule has 4 nitrogen and oxygen atoms in total. The number of anilines is 6. The number of hydrogen-bond donors (Lipinski definition) is 0. The van der Waals surface area contributed by atoms with Crippen LogP contribution in [0.4, 0.5) is 34.1 Å². The Kier molecular flexibility index (Phi) is 8.94. The minimum Gasteiger partial charge on any atom is -0.456 e. The fraction of sp³-hybridized carbons (Fsp3) is 0.138. The lowest BCUT2D eigenvalue weighted by atomic mass is 10.0. The standard InChI is InChI=1S/C58H48N2O2/c1-35(2)39-15-21-45(22-16-39)59(53-13-9-7-11-37(53)5)47-25-19-41-29-49-51-33-58-52(34-57(51)61-55(49)31-43(41)27-47)50-30-42-20-26-48(28-44(42)32-56(50)62-58)60(54-14-10-8-12-38(54)6)46-23-17-40(18-24-46)36(3)4/h7-36H,1-6H3. The molecule has 0 aliphatic carbocycles. The highest BCUT2D eigenvalue weighted by molar-refractivity contribution is 6.18. The van der Waals surface area contributed by atoms with Crippen molar-refractivity contribution in [2.75, 3.05) is 9.80 Å². The Morgan fingerprint density at radius 1 is 0.339 bits per heavy atom. The van der Waals surface area contributed by atoms with Crippen molar-refractivity contribution >= 4 is 99.5 Å². The monoisotopic (exact) mass is 804 g/mol. The van der Waals surface area contributed by atoms with Crippen LogP contribution >= 0.6 is 0 Å². The van der Waals surface area contributed by atoms with Gasteiger partial charge in [0, 0.05) is 55.7 Å². The minimum absolute atomic E-state index is 0.472. The van der Waals surface area contributed by atoms with Crippen molar-refractivity contribution in [3.8, 4) is 0 Å². The van der Waals surface area contributed by atoms with Gasteiger partial charge in [-0.05, 0) is 167 Å². The van der Waals surface area contributed by atoms with Crippen LogP contribution in [0.15, 0.2) is 179 Å². The first-order valence-corrected chi connectivity index (χ1v) is 21.8. The van der Waals surface area contributed by atoms with Crippen LogP contribution in [0.1, 0.15) is 61.8 Å². The Labute approximate surface area is 362 Å². The normalized spacial score (nSPS) is 12.0. The summed E-state index contributed by atoms with van der Waals surface area (Å²) >= 11 is 0. The number of nitrogens with zero attached hydrogens (tertiary/aromatic N) is 2. The van der Waals surface area contributed by atoms with Crippen LogP contribution in [0.3, 0.4) is 0 Å². The van der Waals surface area contributed by atoms with Gasteiger partial charge < -0.3 is 18.6 Å². The second-order valence-corrected chi connectivity index (χ2v) is 17.5. The van der Waals surface area contributed by atoms with Gasteiger partial charge in [0.2, 0.25) is 0 Å². The van der Waals surface area contributed by atoms with E-state index < -0.39 is 0 Å². The number of para-hydroxylation sites is 2. The summed E-state index contributed by atoms with van der Waals surface area (Å²) in [4.78, 5) is 4.72. The van der Waals surface area contributed by atoms with Crippen molar-refractivity contribution in [3.05, 3.63) is 192 Å². The molecule has 302 valence electrons. The van der Waals surface area contributed by atoms with Gasteiger partial charge in [0.1, 0.15) is 22.3 Å². The van der Waals surface area contributed by atoms with Gasteiger partial charge in [0.25, 0.3) is 0 Å². The summed E-state index contributed by atoms with van der Waals surface area (Å²) in [5, 5.41) is 8.82. The molecule has 9 aromatic carbocycles. The van der Waals surface area contributed by atoms with E-state index in [4.69, 9.17) is 8.83 Å². The molecule has 0 aliphatic heterocycles. The van der Waals surface area contributed by atoms with E-state index in [0.29, 0.717) is 11.8 Å². The van der Waals surface area contributed by atoms with Crippen LogP contribution in [0, 0.1) is 13.8 Å². The number of rotatable bonds is 8. The number of aryl methyl sites for hydroxylation is 2. The summed E-state index contributed by atoms with van der Waals surface area (Å²) < 4.78 is 13.4. The van der Waals surface area contributed by atoms with Crippen LogP contribution in [-0.4, -0.2) is 0 Å². The van der Waals surface area contributed by atoms with Gasteiger partial charge in [-0.25, -0.2) is 0 Å². The van der Waals surface area contributed by atoms with Gasteiger partial charge in [-0.2, -0.15) is 0 Å². The van der Waals surface area contributed by atoms with Crippen LogP contribution in [0.2, 0.25) is 0 Å². The summed E-state index contributed by atoms with van der Waals surface area (Å²) in [7, 11) is 0. The van der Waals surface area contributed by atoms with Gasteiger partial charge in [0.15, 0.2) is 0 Å². The zero-order chi connectivity index (χ0) is 42.2. The van der Waals surface area contributed by atoms with Gasteiger partial charge >= 0.3 is 0 Å². The Morgan fingerprint density at radius 3 is 1.08 bits per heavy atom. The second kappa shape index (κ2) is 14.7. The van der Waals surface area contributed by atoms with E-state index in [1.165, 1.54) is 22.3 Å². The van der Waals surface area contributed by atoms with Crippen LogP contribution < -0.4 is 9.80 Å². The maximum Gasteiger partial charge on any atom is 0.136 e. The Bertz CT molecular complexity index is 3260. The topological polar surface area (TPSA) is 32.8 Å². The fourth-order valence-electron chi connectivity index (χ4n) is 9.28. The molecule has 0 fully saturated rings. The molecule has 0 N–H and O–H groups in total. The Balaban J connectivity index is 0.990. The third kappa shape index (κ3) is 6.37. The molecule has 0 unspecified atom stereocenters. The van der Waals surface area contributed by atoms with Crippen molar-refractivity contribution < 1.29 is 8.83 Å². The molecule has 0 bridgehead atoms. The number of furan rings is 2. The molecule has 0 saturated carbocycles. The lowest BCUT2D eigenvalue weighted by Gasteiger charge is -2.27. The largest absolute Gasteiger partial charge is 0.456 e. The van der Waals surface area contributed by atoms with E-state index in [2.05, 4.69) is 221 Å². The van der Waals surface area contributed by atoms with Crippen molar-refractivity contribution in [2.45, 2.75) is 53.4 Å². The number of hydrogen-bond acceptors (Lipinski definition) is 4. The number of fused-ring (bicyclic) bond motifs is 8. The SMILES string of the molecule is Cc1ccccc1N(c1ccc(C(C)C)cc1)c1ccc2cc3c(cc2c1)oc1cc2c(cc13)oc1cc3cc(N(c4ccc(C(C)C)cc4)c4ccccc4C)ccc3cc12. The van der Waals surface area contributed by atoms with E-state index in [0.717, 1.165) is 99.5 Å². The molecular weight excluding hydrogens is 757 g/mol. The van der Waals surface area contributed by atoms with Gasteiger partial charge in [-0.15, -0.1) is 0 Å². The lowest BCUT2D eigenvalue weighted by Crippen LogP contribution is -2.11. The fourth-order valence-corrected chi connectivity index (χ4v) is 9.28. The zero-order valence-corrected chi connectivity index (χ0v) is 36.0. The summed E-state index contributed by atoms with van der Waals surface area (Å²) in [6.07, 6.45) is 0. The van der Waals surface area contributed by atoms with Crippen molar-refractivity contribution in [1.82, 2.24) is 0 Å². The lowest BCUT2D eigenvalue weighted by molar-refractivity contribution is 0.664. The number of benzene rings is 9.